The van der Waals surface area contributed by atoms with Crippen molar-refractivity contribution in [1.29, 1.82) is 0 Å². The van der Waals surface area contributed by atoms with E-state index in [4.69, 9.17) is 0 Å². The van der Waals surface area contributed by atoms with E-state index in [2.05, 4.69) is 5.32 Å². The van der Waals surface area contributed by atoms with E-state index in [9.17, 15) is 23.3 Å². The second kappa shape index (κ2) is 3.42. The molecule has 0 atom stereocenters. The first-order valence-electron chi connectivity index (χ1n) is 4.43. The Bertz CT molecular complexity index is 624. The number of carbonyl (C=O) groups is 1. The van der Waals surface area contributed by atoms with E-state index in [0.717, 1.165) is 13.1 Å². The van der Waals surface area contributed by atoms with Crippen LogP contribution in [-0.4, -0.2) is 30.7 Å². The van der Waals surface area contributed by atoms with Gasteiger partial charge in [-0.3, -0.25) is 15.4 Å². The van der Waals surface area contributed by atoms with Crippen molar-refractivity contribution in [3.05, 3.63) is 28.3 Å². The summed E-state index contributed by atoms with van der Waals surface area (Å²) in [7, 11) is -2.93. The van der Waals surface area contributed by atoms with Gasteiger partial charge >= 0.3 is 6.03 Å². The van der Waals surface area contributed by atoms with E-state index < -0.39 is 26.7 Å². The van der Waals surface area contributed by atoms with Crippen LogP contribution < -0.4 is 5.32 Å². The zero-order chi connectivity index (χ0) is 12.8. The van der Waals surface area contributed by atoms with Gasteiger partial charge in [-0.1, -0.05) is 6.07 Å². The molecule has 0 saturated heterocycles. The molecule has 1 aromatic rings. The number of rotatable bonds is 1. The Kier molecular flexibility index (Phi) is 2.28. The Balaban J connectivity index is 2.79. The maximum atomic E-state index is 11.8. The normalized spacial score (nSPS) is 17.2. The summed E-state index contributed by atoms with van der Waals surface area (Å²) >= 11 is 0. The fourth-order valence-corrected chi connectivity index (χ4v) is 2.68. The zero-order valence-corrected chi connectivity index (χ0v) is 9.39. The van der Waals surface area contributed by atoms with Gasteiger partial charge in [0.05, 0.1) is 4.92 Å². The van der Waals surface area contributed by atoms with Gasteiger partial charge in [0.15, 0.2) is 0 Å². The van der Waals surface area contributed by atoms with Crippen LogP contribution in [0.4, 0.5) is 16.2 Å². The number of fused-ring (bicyclic) bond motifs is 1. The van der Waals surface area contributed by atoms with E-state index in [-0.39, 0.29) is 10.6 Å². The number of nitrogens with one attached hydrogen (secondary N) is 1. The number of nitro benzene ring substituents is 1. The summed E-state index contributed by atoms with van der Waals surface area (Å²) in [5.74, 6) is 0. The van der Waals surface area contributed by atoms with Gasteiger partial charge in [0, 0.05) is 13.1 Å². The number of sulfonamides is 1. The first-order valence-corrected chi connectivity index (χ1v) is 5.87. The van der Waals surface area contributed by atoms with Gasteiger partial charge in [-0.15, -0.1) is 0 Å². The maximum Gasteiger partial charge on any atom is 0.335 e. The van der Waals surface area contributed by atoms with Crippen LogP contribution in [0.2, 0.25) is 0 Å². The highest BCUT2D eigenvalue weighted by molar-refractivity contribution is 7.90. The van der Waals surface area contributed by atoms with Gasteiger partial charge in [0.1, 0.15) is 10.6 Å². The van der Waals surface area contributed by atoms with Crippen molar-refractivity contribution in [3.8, 4) is 0 Å². The molecule has 2 amide bonds. The standard InChI is InChI=1S/C8H7N3O5S/c1-10-8(12)9-7-5(11(13)14)3-2-4-6(7)17(10,15)16/h2-4H,1H3,(H,9,12). The highest BCUT2D eigenvalue weighted by Gasteiger charge is 2.37. The van der Waals surface area contributed by atoms with Crippen LogP contribution in [0.25, 0.3) is 0 Å². The number of benzene rings is 1. The smallest absolute Gasteiger partial charge is 0.300 e. The third-order valence-electron chi connectivity index (χ3n) is 2.36. The molecule has 17 heavy (non-hydrogen) atoms. The molecule has 0 aromatic heterocycles. The van der Waals surface area contributed by atoms with Crippen LogP contribution in [0.5, 0.6) is 0 Å². The van der Waals surface area contributed by atoms with Crippen molar-refractivity contribution in [3.63, 3.8) is 0 Å². The molecule has 1 N–H and O–H groups in total. The minimum Gasteiger partial charge on any atom is -0.300 e. The fraction of sp³-hybridized carbons (Fsp3) is 0.125. The molecule has 8 nitrogen and oxygen atoms in total. The molecule has 1 aromatic carbocycles. The van der Waals surface area contributed by atoms with Gasteiger partial charge in [-0.2, -0.15) is 0 Å². The number of urea groups is 1. The number of hydrogen-bond acceptors (Lipinski definition) is 5. The van der Waals surface area contributed by atoms with Crippen molar-refractivity contribution >= 4 is 27.4 Å². The first-order chi connectivity index (χ1) is 7.85. The van der Waals surface area contributed by atoms with E-state index in [1.807, 2.05) is 0 Å². The van der Waals surface area contributed by atoms with Crippen molar-refractivity contribution < 1.29 is 18.1 Å². The average molecular weight is 257 g/mol. The lowest BCUT2D eigenvalue weighted by Gasteiger charge is -2.24. The molecule has 0 unspecified atom stereocenters. The van der Waals surface area contributed by atoms with Crippen molar-refractivity contribution in [2.75, 3.05) is 12.4 Å². The van der Waals surface area contributed by atoms with Gasteiger partial charge in [0.2, 0.25) is 0 Å². The average Bonchev–Trinajstić information content (AvgIpc) is 2.26. The van der Waals surface area contributed by atoms with Crippen LogP contribution in [-0.2, 0) is 10.0 Å². The number of hydrogen-bond donors (Lipinski definition) is 1. The van der Waals surface area contributed by atoms with Gasteiger partial charge in [-0.25, -0.2) is 17.5 Å². The summed E-state index contributed by atoms with van der Waals surface area (Å²) in [6.45, 7) is 0. The van der Waals surface area contributed by atoms with Crippen LogP contribution in [0.15, 0.2) is 23.1 Å². The molecule has 0 fully saturated rings. The van der Waals surface area contributed by atoms with E-state index >= 15 is 0 Å². The SMILES string of the molecule is CN1C(=O)Nc2c([N+](=O)[O-])cccc2S1(=O)=O. The van der Waals surface area contributed by atoms with E-state index in [1.165, 1.54) is 12.1 Å². The lowest BCUT2D eigenvalue weighted by Crippen LogP contribution is -2.41. The highest BCUT2D eigenvalue weighted by Crippen LogP contribution is 2.36. The van der Waals surface area contributed by atoms with Gasteiger partial charge in [-0.05, 0) is 6.07 Å². The summed E-state index contributed by atoms with van der Waals surface area (Å²) in [5.41, 5.74) is -0.742. The molecule has 1 heterocycles. The molecular weight excluding hydrogens is 250 g/mol. The molecule has 1 aliphatic heterocycles. The van der Waals surface area contributed by atoms with E-state index in [0.29, 0.717) is 4.31 Å². The lowest BCUT2D eigenvalue weighted by atomic mass is 10.2. The van der Waals surface area contributed by atoms with Crippen molar-refractivity contribution in [2.45, 2.75) is 4.90 Å². The Morgan fingerprint density at radius 2 is 2.06 bits per heavy atom. The topological polar surface area (TPSA) is 110 Å². The summed E-state index contributed by atoms with van der Waals surface area (Å²) < 4.78 is 24.2. The number of carbonyl (C=O) groups excluding carboxylic acids is 1. The van der Waals surface area contributed by atoms with Crippen LogP contribution in [0.1, 0.15) is 0 Å². The molecule has 0 aliphatic carbocycles. The molecule has 0 spiro atoms. The second-order valence-corrected chi connectivity index (χ2v) is 5.25. The number of para-hydroxylation sites is 1. The summed E-state index contributed by atoms with van der Waals surface area (Å²) in [4.78, 5) is 21.0. The molecule has 0 bridgehead atoms. The number of nitro groups is 1. The monoisotopic (exact) mass is 257 g/mol. The molecule has 0 radical (unpaired) electrons. The third kappa shape index (κ3) is 1.51. The Hall–Kier alpha value is -2.16. The van der Waals surface area contributed by atoms with Gasteiger partial charge in [0.25, 0.3) is 15.7 Å². The maximum absolute atomic E-state index is 11.8. The highest BCUT2D eigenvalue weighted by atomic mass is 32.2. The van der Waals surface area contributed by atoms with Crippen molar-refractivity contribution in [2.24, 2.45) is 0 Å². The molecule has 0 saturated carbocycles. The third-order valence-corrected chi connectivity index (χ3v) is 4.14. The zero-order valence-electron chi connectivity index (χ0n) is 8.58. The fourth-order valence-electron chi connectivity index (χ4n) is 1.45. The number of amides is 2. The van der Waals surface area contributed by atoms with Crippen LogP contribution in [0.3, 0.4) is 0 Å². The predicted molar refractivity (Wildman–Crippen MR) is 57.1 cm³/mol. The van der Waals surface area contributed by atoms with Crippen LogP contribution >= 0.6 is 0 Å². The Labute approximate surface area is 96.0 Å². The molecular formula is C8H7N3O5S. The first kappa shape index (κ1) is 11.3. The molecule has 1 aliphatic rings. The molecule has 90 valence electrons. The minimum absolute atomic E-state index is 0.284. The minimum atomic E-state index is -4.01. The Morgan fingerprint density at radius 3 is 2.65 bits per heavy atom. The number of anilines is 1. The molecule has 9 heteroatoms. The van der Waals surface area contributed by atoms with Crippen LogP contribution in [0, 0.1) is 10.1 Å². The summed E-state index contributed by atoms with van der Waals surface area (Å²) in [5, 5.41) is 12.9. The van der Waals surface area contributed by atoms with E-state index in [1.54, 1.807) is 0 Å². The largest absolute Gasteiger partial charge is 0.335 e. The number of nitrogens with zero attached hydrogens (tertiary/aromatic N) is 2. The Morgan fingerprint density at radius 1 is 1.41 bits per heavy atom. The summed E-state index contributed by atoms with van der Waals surface area (Å²) in [6.07, 6.45) is 0. The van der Waals surface area contributed by atoms with Crippen molar-refractivity contribution in [1.82, 2.24) is 4.31 Å². The lowest BCUT2D eigenvalue weighted by molar-refractivity contribution is -0.384. The summed E-state index contributed by atoms with van der Waals surface area (Å²) in [6, 6.07) is 2.65. The van der Waals surface area contributed by atoms with Gasteiger partial charge < -0.3 is 0 Å². The predicted octanol–water partition coefficient (Wildman–Crippen LogP) is 0.761. The second-order valence-electron chi connectivity index (χ2n) is 3.31. The quantitative estimate of drug-likeness (QED) is 0.590. The molecule has 2 rings (SSSR count).